The highest BCUT2D eigenvalue weighted by atomic mass is 32.2. The summed E-state index contributed by atoms with van der Waals surface area (Å²) in [6, 6.07) is 3.15. The summed E-state index contributed by atoms with van der Waals surface area (Å²) in [5.74, 6) is 0.654. The Bertz CT molecular complexity index is 706. The highest BCUT2D eigenvalue weighted by Crippen LogP contribution is 2.22. The van der Waals surface area contributed by atoms with Gasteiger partial charge in [0.2, 0.25) is 17.7 Å². The van der Waals surface area contributed by atoms with Crippen molar-refractivity contribution in [1.29, 1.82) is 0 Å². The van der Waals surface area contributed by atoms with Gasteiger partial charge in [-0.05, 0) is 25.0 Å². The minimum absolute atomic E-state index is 0.110. The molecule has 1 fully saturated rings. The maximum absolute atomic E-state index is 11.9. The van der Waals surface area contributed by atoms with Crippen LogP contribution in [-0.2, 0) is 9.59 Å². The third-order valence-electron chi connectivity index (χ3n) is 3.51. The van der Waals surface area contributed by atoms with Crippen LogP contribution in [0, 0.1) is 0 Å². The summed E-state index contributed by atoms with van der Waals surface area (Å²) in [7, 11) is 0. The van der Waals surface area contributed by atoms with Gasteiger partial charge in [0.1, 0.15) is 6.04 Å². The predicted molar refractivity (Wildman–Crippen MR) is 87.0 cm³/mol. The van der Waals surface area contributed by atoms with Crippen LogP contribution in [0.1, 0.15) is 19.3 Å². The number of rotatable bonds is 6. The summed E-state index contributed by atoms with van der Waals surface area (Å²) in [6.07, 6.45) is 5.15. The first kappa shape index (κ1) is 16.4. The maximum atomic E-state index is 11.9. The number of carbonyl (C=O) groups is 2. The Hall–Kier alpha value is -2.42. The van der Waals surface area contributed by atoms with Crippen LogP contribution in [0.4, 0.5) is 0 Å². The lowest BCUT2D eigenvalue weighted by molar-refractivity contribution is -0.129. The number of thioether (sulfide) groups is 1. The van der Waals surface area contributed by atoms with Gasteiger partial charge in [0.05, 0.1) is 0 Å². The van der Waals surface area contributed by atoms with Crippen LogP contribution in [0.25, 0.3) is 11.5 Å². The Morgan fingerprint density at radius 1 is 1.38 bits per heavy atom. The first-order valence-corrected chi connectivity index (χ1v) is 8.65. The molecule has 0 radical (unpaired) electrons. The smallest absolute Gasteiger partial charge is 0.276 e. The van der Waals surface area contributed by atoms with Gasteiger partial charge in [-0.2, -0.15) is 0 Å². The summed E-state index contributed by atoms with van der Waals surface area (Å²) in [5.41, 5.74) is 0.797. The lowest BCUT2D eigenvalue weighted by atomic mass is 10.1. The Morgan fingerprint density at radius 2 is 2.21 bits per heavy atom. The van der Waals surface area contributed by atoms with Crippen molar-refractivity contribution < 1.29 is 14.0 Å². The molecular formula is C15H17N5O3S. The number of hydrogen-bond acceptors (Lipinski definition) is 7. The normalized spacial score (nSPS) is 17.3. The number of amides is 2. The molecule has 2 N–H and O–H groups in total. The highest BCUT2D eigenvalue weighted by molar-refractivity contribution is 7.99. The van der Waals surface area contributed by atoms with Gasteiger partial charge >= 0.3 is 0 Å². The van der Waals surface area contributed by atoms with Crippen molar-refractivity contribution in [2.45, 2.75) is 30.5 Å². The minimum atomic E-state index is -0.419. The molecule has 9 heteroatoms. The van der Waals surface area contributed by atoms with E-state index >= 15 is 0 Å². The average Bonchev–Trinajstić information content (AvgIpc) is 3.07. The topological polar surface area (TPSA) is 110 Å². The molecule has 2 amide bonds. The number of nitrogens with zero attached hydrogens (tertiary/aromatic N) is 3. The van der Waals surface area contributed by atoms with Gasteiger partial charge in [0, 0.05) is 36.7 Å². The zero-order valence-electron chi connectivity index (χ0n) is 12.9. The predicted octanol–water partition coefficient (Wildman–Crippen LogP) is 1.01. The lowest BCUT2D eigenvalue weighted by Crippen LogP contribution is -2.50. The fourth-order valence-corrected chi connectivity index (χ4v) is 2.99. The molecule has 0 aromatic carbocycles. The van der Waals surface area contributed by atoms with Crippen molar-refractivity contribution in [3.63, 3.8) is 0 Å². The second-order valence-electron chi connectivity index (χ2n) is 5.26. The molecule has 1 aliphatic rings. The molecule has 1 atom stereocenters. The van der Waals surface area contributed by atoms with E-state index in [4.69, 9.17) is 4.42 Å². The third-order valence-corrected chi connectivity index (χ3v) is 4.33. The van der Waals surface area contributed by atoms with Crippen molar-refractivity contribution in [3.05, 3.63) is 24.5 Å². The summed E-state index contributed by atoms with van der Waals surface area (Å²) in [5, 5.41) is 13.8. The lowest BCUT2D eigenvalue weighted by Gasteiger charge is -2.22. The SMILES string of the molecule is O=C(CCSc1nnc(-c2ccncc2)o1)N[C@@H]1CCCNC1=O. The number of pyridine rings is 1. The second kappa shape index (κ2) is 7.91. The molecule has 0 bridgehead atoms. The van der Waals surface area contributed by atoms with E-state index in [0.717, 1.165) is 12.0 Å². The zero-order valence-corrected chi connectivity index (χ0v) is 13.7. The van der Waals surface area contributed by atoms with Gasteiger partial charge in [0.25, 0.3) is 5.22 Å². The Labute approximate surface area is 142 Å². The quantitative estimate of drug-likeness (QED) is 0.750. The number of hydrogen-bond donors (Lipinski definition) is 2. The second-order valence-corrected chi connectivity index (χ2v) is 6.31. The van der Waals surface area contributed by atoms with Crippen LogP contribution in [0.2, 0.25) is 0 Å². The Morgan fingerprint density at radius 3 is 3.00 bits per heavy atom. The number of aromatic nitrogens is 3. The first-order valence-electron chi connectivity index (χ1n) is 7.66. The summed E-state index contributed by atoms with van der Waals surface area (Å²) >= 11 is 1.31. The molecular weight excluding hydrogens is 330 g/mol. The number of piperidine rings is 1. The molecule has 1 saturated heterocycles. The van der Waals surface area contributed by atoms with Gasteiger partial charge < -0.3 is 15.1 Å². The van der Waals surface area contributed by atoms with E-state index in [1.54, 1.807) is 24.5 Å². The van der Waals surface area contributed by atoms with Gasteiger partial charge in [-0.25, -0.2) is 0 Å². The van der Waals surface area contributed by atoms with Crippen molar-refractivity contribution in [2.24, 2.45) is 0 Å². The van der Waals surface area contributed by atoms with E-state index in [9.17, 15) is 9.59 Å². The van der Waals surface area contributed by atoms with Crippen LogP contribution < -0.4 is 10.6 Å². The van der Waals surface area contributed by atoms with Crippen molar-refractivity contribution in [2.75, 3.05) is 12.3 Å². The standard InChI is InChI=1S/C15H17N5O3S/c21-12(18-11-2-1-6-17-13(11)22)5-9-24-15-20-19-14(23-15)10-3-7-16-8-4-10/h3-4,7-8,11H,1-2,5-6,9H2,(H,17,22)(H,18,21)/t11-/m1/s1. The van der Waals surface area contributed by atoms with Crippen molar-refractivity contribution >= 4 is 23.6 Å². The number of carbonyl (C=O) groups excluding carboxylic acids is 2. The summed E-state index contributed by atoms with van der Waals surface area (Å²) < 4.78 is 5.54. The summed E-state index contributed by atoms with van der Waals surface area (Å²) in [4.78, 5) is 27.4. The third kappa shape index (κ3) is 4.31. The molecule has 2 aromatic heterocycles. The van der Waals surface area contributed by atoms with Crippen molar-refractivity contribution in [1.82, 2.24) is 25.8 Å². The molecule has 0 saturated carbocycles. The molecule has 24 heavy (non-hydrogen) atoms. The van der Waals surface area contributed by atoms with E-state index < -0.39 is 6.04 Å². The molecule has 8 nitrogen and oxygen atoms in total. The van der Waals surface area contributed by atoms with Crippen LogP contribution in [0.3, 0.4) is 0 Å². The van der Waals surface area contributed by atoms with Gasteiger partial charge in [-0.15, -0.1) is 10.2 Å². The highest BCUT2D eigenvalue weighted by Gasteiger charge is 2.23. The van der Waals surface area contributed by atoms with E-state index in [2.05, 4.69) is 25.8 Å². The molecule has 2 aromatic rings. The molecule has 1 aliphatic heterocycles. The molecule has 0 unspecified atom stereocenters. The Balaban J connectivity index is 1.44. The minimum Gasteiger partial charge on any atom is -0.411 e. The monoisotopic (exact) mass is 347 g/mol. The summed E-state index contributed by atoms with van der Waals surface area (Å²) in [6.45, 7) is 0.679. The van der Waals surface area contributed by atoms with Crippen LogP contribution in [-0.4, -0.2) is 45.3 Å². The molecule has 126 valence electrons. The van der Waals surface area contributed by atoms with Crippen LogP contribution in [0.15, 0.2) is 34.2 Å². The van der Waals surface area contributed by atoms with Crippen LogP contribution in [0.5, 0.6) is 0 Å². The largest absolute Gasteiger partial charge is 0.411 e. The number of nitrogens with one attached hydrogen (secondary N) is 2. The maximum Gasteiger partial charge on any atom is 0.276 e. The Kier molecular flexibility index (Phi) is 5.42. The fourth-order valence-electron chi connectivity index (χ4n) is 2.29. The average molecular weight is 347 g/mol. The molecule has 3 heterocycles. The van der Waals surface area contributed by atoms with E-state index in [-0.39, 0.29) is 18.2 Å². The fraction of sp³-hybridized carbons (Fsp3) is 0.400. The van der Waals surface area contributed by atoms with Gasteiger partial charge in [-0.1, -0.05) is 11.8 Å². The first-order chi connectivity index (χ1) is 11.7. The van der Waals surface area contributed by atoms with E-state index in [0.29, 0.717) is 29.8 Å². The molecule has 0 aliphatic carbocycles. The molecule has 0 spiro atoms. The molecule has 3 rings (SSSR count). The van der Waals surface area contributed by atoms with Crippen LogP contribution >= 0.6 is 11.8 Å². The van der Waals surface area contributed by atoms with Crippen molar-refractivity contribution in [3.8, 4) is 11.5 Å². The zero-order chi connectivity index (χ0) is 16.8. The van der Waals surface area contributed by atoms with Gasteiger partial charge in [0.15, 0.2) is 0 Å². The van der Waals surface area contributed by atoms with Gasteiger partial charge in [-0.3, -0.25) is 14.6 Å². The van der Waals surface area contributed by atoms with E-state index in [1.165, 1.54) is 11.8 Å². The van der Waals surface area contributed by atoms with E-state index in [1.807, 2.05) is 0 Å².